The maximum atomic E-state index is 11.9. The second-order valence-electron chi connectivity index (χ2n) is 5.03. The van der Waals surface area contributed by atoms with Gasteiger partial charge in [0, 0.05) is 11.5 Å². The summed E-state index contributed by atoms with van der Waals surface area (Å²) in [6, 6.07) is 7.62. The normalized spacial score (nSPS) is 27.6. The van der Waals surface area contributed by atoms with Gasteiger partial charge < -0.3 is 4.74 Å². The zero-order valence-electron chi connectivity index (χ0n) is 9.48. The summed E-state index contributed by atoms with van der Waals surface area (Å²) in [5.74, 6) is 2.04. The highest BCUT2D eigenvalue weighted by molar-refractivity contribution is 5.99. The average molecular weight is 216 g/mol. The van der Waals surface area contributed by atoms with Crippen LogP contribution in [0.25, 0.3) is 0 Å². The first-order valence-corrected chi connectivity index (χ1v) is 6.05. The molecule has 0 radical (unpaired) electrons. The molecule has 2 fully saturated rings. The third-order valence-corrected chi connectivity index (χ3v) is 3.41. The zero-order valence-corrected chi connectivity index (χ0v) is 9.48. The molecule has 84 valence electrons. The van der Waals surface area contributed by atoms with Gasteiger partial charge in [0.05, 0.1) is 6.10 Å². The maximum absolute atomic E-state index is 11.9. The van der Waals surface area contributed by atoms with Crippen LogP contribution in [0, 0.1) is 11.8 Å². The van der Waals surface area contributed by atoms with E-state index in [1.54, 1.807) is 0 Å². The van der Waals surface area contributed by atoms with Gasteiger partial charge in [0.15, 0.2) is 5.78 Å². The monoisotopic (exact) mass is 216 g/mol. The number of ketones is 1. The molecule has 3 rings (SSSR count). The summed E-state index contributed by atoms with van der Waals surface area (Å²) in [4.78, 5) is 11.9. The molecule has 0 bridgehead atoms. The lowest BCUT2D eigenvalue weighted by atomic mass is 10.1. The zero-order chi connectivity index (χ0) is 11.1. The van der Waals surface area contributed by atoms with Gasteiger partial charge in [-0.25, -0.2) is 0 Å². The van der Waals surface area contributed by atoms with Crippen molar-refractivity contribution in [3.63, 3.8) is 0 Å². The molecule has 0 aliphatic heterocycles. The molecule has 0 spiro atoms. The second kappa shape index (κ2) is 3.62. The smallest absolute Gasteiger partial charge is 0.166 e. The van der Waals surface area contributed by atoms with Gasteiger partial charge in [0.1, 0.15) is 5.75 Å². The Labute approximate surface area is 95.6 Å². The van der Waals surface area contributed by atoms with Gasteiger partial charge in [-0.05, 0) is 49.4 Å². The number of hydrogen-bond donors (Lipinski definition) is 0. The Morgan fingerprint density at radius 1 is 1.25 bits per heavy atom. The van der Waals surface area contributed by atoms with Crippen molar-refractivity contribution in [3.05, 3.63) is 29.8 Å². The van der Waals surface area contributed by atoms with E-state index in [1.807, 2.05) is 24.3 Å². The molecule has 0 saturated heterocycles. The maximum Gasteiger partial charge on any atom is 0.166 e. The van der Waals surface area contributed by atoms with E-state index in [2.05, 4.69) is 6.92 Å². The fraction of sp³-hybridized carbons (Fsp3) is 0.500. The van der Waals surface area contributed by atoms with Gasteiger partial charge in [0.2, 0.25) is 0 Å². The molecule has 2 nitrogen and oxygen atoms in total. The summed E-state index contributed by atoms with van der Waals surface area (Å²) in [6.07, 6.45) is 3.81. The molecule has 0 aromatic heterocycles. The highest BCUT2D eigenvalue weighted by Crippen LogP contribution is 2.40. The summed E-state index contributed by atoms with van der Waals surface area (Å²) < 4.78 is 5.65. The first-order chi connectivity index (χ1) is 7.74. The van der Waals surface area contributed by atoms with Gasteiger partial charge in [-0.15, -0.1) is 0 Å². The molecule has 0 N–H and O–H groups in total. The minimum absolute atomic E-state index is 0.273. The summed E-state index contributed by atoms with van der Waals surface area (Å²) in [6.45, 7) is 2.13. The van der Waals surface area contributed by atoms with Crippen LogP contribution in [0.1, 0.15) is 36.5 Å². The first kappa shape index (κ1) is 9.88. The SMILES string of the molecule is CC1CC1C(=O)c1ccc(OC2CC2)cc1. The Morgan fingerprint density at radius 3 is 2.38 bits per heavy atom. The number of ether oxygens (including phenoxy) is 1. The third kappa shape index (κ3) is 1.97. The Kier molecular flexibility index (Phi) is 2.23. The van der Waals surface area contributed by atoms with E-state index in [0.717, 1.165) is 17.7 Å². The highest BCUT2D eigenvalue weighted by atomic mass is 16.5. The summed E-state index contributed by atoms with van der Waals surface area (Å²) in [5, 5.41) is 0. The molecule has 0 heterocycles. The van der Waals surface area contributed by atoms with Crippen molar-refractivity contribution in [3.8, 4) is 5.75 Å². The van der Waals surface area contributed by atoms with Gasteiger partial charge >= 0.3 is 0 Å². The van der Waals surface area contributed by atoms with Crippen LogP contribution in [-0.4, -0.2) is 11.9 Å². The van der Waals surface area contributed by atoms with Gasteiger partial charge in [-0.1, -0.05) is 6.92 Å². The fourth-order valence-corrected chi connectivity index (χ4v) is 1.98. The van der Waals surface area contributed by atoms with E-state index < -0.39 is 0 Å². The number of carbonyl (C=O) groups excluding carboxylic acids is 1. The molecule has 0 amide bonds. The topological polar surface area (TPSA) is 26.3 Å². The first-order valence-electron chi connectivity index (χ1n) is 6.05. The Hall–Kier alpha value is -1.31. The van der Waals surface area contributed by atoms with Gasteiger partial charge in [-0.3, -0.25) is 4.79 Å². The molecule has 2 aliphatic carbocycles. The molecule has 2 unspecified atom stereocenters. The van der Waals surface area contributed by atoms with E-state index in [4.69, 9.17) is 4.74 Å². The predicted octanol–water partition coefficient (Wildman–Crippen LogP) is 3.07. The van der Waals surface area contributed by atoms with Crippen molar-refractivity contribution in [2.24, 2.45) is 11.8 Å². The van der Waals surface area contributed by atoms with E-state index in [-0.39, 0.29) is 5.92 Å². The standard InChI is InChI=1S/C14H16O2/c1-9-8-13(9)14(15)10-2-4-11(5-3-10)16-12-6-7-12/h2-5,9,12-13H,6-8H2,1H3. The van der Waals surface area contributed by atoms with Crippen LogP contribution < -0.4 is 4.74 Å². The second-order valence-corrected chi connectivity index (χ2v) is 5.03. The third-order valence-electron chi connectivity index (χ3n) is 3.41. The molecular formula is C14H16O2. The Morgan fingerprint density at radius 2 is 1.88 bits per heavy atom. The van der Waals surface area contributed by atoms with Crippen LogP contribution in [0.3, 0.4) is 0 Å². The van der Waals surface area contributed by atoms with Crippen molar-refractivity contribution in [1.29, 1.82) is 0 Å². The van der Waals surface area contributed by atoms with Crippen molar-refractivity contribution >= 4 is 5.78 Å². The number of Topliss-reactive ketones (excluding diaryl/α,β-unsaturated/α-hetero) is 1. The van der Waals surface area contributed by atoms with Crippen molar-refractivity contribution in [2.45, 2.75) is 32.3 Å². The average Bonchev–Trinajstić information content (AvgIpc) is 3.17. The summed E-state index contributed by atoms with van der Waals surface area (Å²) >= 11 is 0. The van der Waals surface area contributed by atoms with E-state index in [0.29, 0.717) is 17.8 Å². The fourth-order valence-electron chi connectivity index (χ4n) is 1.98. The molecule has 16 heavy (non-hydrogen) atoms. The van der Waals surface area contributed by atoms with E-state index in [1.165, 1.54) is 12.8 Å². The van der Waals surface area contributed by atoms with Crippen LogP contribution in [0.2, 0.25) is 0 Å². The van der Waals surface area contributed by atoms with Crippen LogP contribution >= 0.6 is 0 Å². The lowest BCUT2D eigenvalue weighted by Gasteiger charge is -2.05. The Bertz CT molecular complexity index is 403. The largest absolute Gasteiger partial charge is 0.490 e. The minimum atomic E-state index is 0.273. The molecule has 2 aliphatic rings. The lowest BCUT2D eigenvalue weighted by Crippen LogP contribution is -2.03. The van der Waals surface area contributed by atoms with E-state index in [9.17, 15) is 4.79 Å². The molecule has 2 atom stereocenters. The highest BCUT2D eigenvalue weighted by Gasteiger charge is 2.39. The van der Waals surface area contributed by atoms with Crippen LogP contribution in [0.15, 0.2) is 24.3 Å². The number of rotatable bonds is 4. The van der Waals surface area contributed by atoms with Crippen molar-refractivity contribution in [1.82, 2.24) is 0 Å². The van der Waals surface area contributed by atoms with E-state index >= 15 is 0 Å². The van der Waals surface area contributed by atoms with Crippen molar-refractivity contribution < 1.29 is 9.53 Å². The van der Waals surface area contributed by atoms with Crippen LogP contribution in [0.5, 0.6) is 5.75 Å². The molecular weight excluding hydrogens is 200 g/mol. The van der Waals surface area contributed by atoms with Crippen molar-refractivity contribution in [2.75, 3.05) is 0 Å². The van der Waals surface area contributed by atoms with Crippen LogP contribution in [-0.2, 0) is 0 Å². The Balaban J connectivity index is 1.68. The van der Waals surface area contributed by atoms with Crippen LogP contribution in [0.4, 0.5) is 0 Å². The summed E-state index contributed by atoms with van der Waals surface area (Å²) in [5.41, 5.74) is 0.831. The van der Waals surface area contributed by atoms with Gasteiger partial charge in [-0.2, -0.15) is 0 Å². The number of hydrogen-bond acceptors (Lipinski definition) is 2. The molecule has 2 heteroatoms. The van der Waals surface area contributed by atoms with Gasteiger partial charge in [0.25, 0.3) is 0 Å². The summed E-state index contributed by atoms with van der Waals surface area (Å²) in [7, 11) is 0. The molecule has 2 saturated carbocycles. The minimum Gasteiger partial charge on any atom is -0.490 e. The molecule has 1 aromatic carbocycles. The lowest BCUT2D eigenvalue weighted by molar-refractivity contribution is 0.0962. The number of carbonyl (C=O) groups is 1. The quantitative estimate of drug-likeness (QED) is 0.723. The predicted molar refractivity (Wildman–Crippen MR) is 61.7 cm³/mol. The molecule has 1 aromatic rings. The number of benzene rings is 1.